The molecule has 0 spiro atoms. The molecule has 0 aliphatic carbocycles. The summed E-state index contributed by atoms with van der Waals surface area (Å²) in [5, 5.41) is 0.526. The number of hydrogen-bond donors (Lipinski definition) is 2. The molecule has 11 heteroatoms. The van der Waals surface area contributed by atoms with Gasteiger partial charge in [-0.25, -0.2) is 25.5 Å². The zero-order chi connectivity index (χ0) is 24.0. The molecule has 4 rings (SSSR count). The number of H-pyrrole nitrogens is 1. The van der Waals surface area contributed by atoms with E-state index < -0.39 is 31.6 Å². The average molecular weight is 494 g/mol. The van der Waals surface area contributed by atoms with Gasteiger partial charge in [-0.15, -0.1) is 0 Å². The first-order valence-corrected chi connectivity index (χ1v) is 13.6. The van der Waals surface area contributed by atoms with Crippen LogP contribution >= 0.6 is 0 Å². The van der Waals surface area contributed by atoms with Crippen LogP contribution < -0.4 is 5.73 Å². The molecule has 1 aliphatic heterocycles. The number of carbonyl (C=O) groups is 1. The summed E-state index contributed by atoms with van der Waals surface area (Å²) < 4.78 is 65.9. The van der Waals surface area contributed by atoms with Crippen LogP contribution in [0, 0.1) is 5.82 Å². The lowest BCUT2D eigenvalue weighted by atomic mass is 9.89. The minimum atomic E-state index is -4.12. The minimum Gasteiger partial charge on any atom is -0.366 e. The van der Waals surface area contributed by atoms with Gasteiger partial charge < -0.3 is 10.7 Å². The van der Waals surface area contributed by atoms with Crippen LogP contribution in [0.2, 0.25) is 0 Å². The molecule has 2 heterocycles. The molecule has 33 heavy (non-hydrogen) atoms. The Kier molecular flexibility index (Phi) is 6.06. The van der Waals surface area contributed by atoms with Crippen LogP contribution in [-0.2, 0) is 19.9 Å². The standard InChI is InChI=1S/C22H24FN3O5S2/c1-2-32(28,29)26-8-6-14(7-9-26)20-13-25-21-18(20)11-17(12-19(21)22(24)27)33(30,31)16-5-3-4-15(23)10-16/h3-5,10-14,25H,2,6-9H2,1H3,(H2,24,27). The highest BCUT2D eigenvalue weighted by Crippen LogP contribution is 2.37. The second-order valence-electron chi connectivity index (χ2n) is 8.04. The monoisotopic (exact) mass is 493 g/mol. The number of nitrogens with zero attached hydrogens (tertiary/aromatic N) is 1. The van der Waals surface area contributed by atoms with Gasteiger partial charge in [-0.1, -0.05) is 6.07 Å². The summed E-state index contributed by atoms with van der Waals surface area (Å²) in [6.07, 6.45) is 2.82. The smallest absolute Gasteiger partial charge is 0.250 e. The van der Waals surface area contributed by atoms with Crippen molar-refractivity contribution in [3.63, 3.8) is 0 Å². The van der Waals surface area contributed by atoms with Crippen molar-refractivity contribution in [1.29, 1.82) is 0 Å². The Morgan fingerprint density at radius 3 is 2.42 bits per heavy atom. The number of rotatable bonds is 6. The van der Waals surface area contributed by atoms with Crippen LogP contribution in [0.3, 0.4) is 0 Å². The molecule has 0 unspecified atom stereocenters. The normalized spacial score (nSPS) is 16.3. The number of piperidine rings is 1. The summed E-state index contributed by atoms with van der Waals surface area (Å²) in [5.41, 5.74) is 6.76. The van der Waals surface area contributed by atoms with E-state index in [1.54, 1.807) is 13.1 Å². The van der Waals surface area contributed by atoms with E-state index in [4.69, 9.17) is 5.73 Å². The molecule has 3 N–H and O–H groups in total. The Balaban J connectivity index is 1.79. The summed E-state index contributed by atoms with van der Waals surface area (Å²) in [7, 11) is -7.39. The van der Waals surface area contributed by atoms with E-state index in [1.165, 1.54) is 28.6 Å². The number of sulfone groups is 1. The highest BCUT2D eigenvalue weighted by molar-refractivity contribution is 7.91. The van der Waals surface area contributed by atoms with E-state index in [1.807, 2.05) is 0 Å². The maximum absolute atomic E-state index is 13.7. The van der Waals surface area contributed by atoms with E-state index in [-0.39, 0.29) is 27.0 Å². The predicted molar refractivity (Wildman–Crippen MR) is 122 cm³/mol. The van der Waals surface area contributed by atoms with E-state index in [9.17, 15) is 26.0 Å². The van der Waals surface area contributed by atoms with Crippen molar-refractivity contribution in [1.82, 2.24) is 9.29 Å². The van der Waals surface area contributed by atoms with Gasteiger partial charge in [0.2, 0.25) is 19.9 Å². The van der Waals surface area contributed by atoms with Crippen LogP contribution in [0.1, 0.15) is 41.6 Å². The molecule has 1 aliphatic rings. The second-order valence-corrected chi connectivity index (χ2v) is 12.2. The summed E-state index contributed by atoms with van der Waals surface area (Å²) in [5.74, 6) is -1.49. The molecule has 0 radical (unpaired) electrons. The van der Waals surface area contributed by atoms with E-state index in [0.717, 1.165) is 17.7 Å². The highest BCUT2D eigenvalue weighted by Gasteiger charge is 2.30. The number of hydrogen-bond acceptors (Lipinski definition) is 5. The van der Waals surface area contributed by atoms with Crippen LogP contribution in [-0.4, -0.2) is 50.9 Å². The Morgan fingerprint density at radius 2 is 1.82 bits per heavy atom. The number of aromatic nitrogens is 1. The molecule has 0 atom stereocenters. The first kappa shape index (κ1) is 23.4. The molecule has 3 aromatic rings. The number of carbonyl (C=O) groups excluding carboxylic acids is 1. The number of nitrogens with one attached hydrogen (secondary N) is 1. The minimum absolute atomic E-state index is 0.0136. The number of primary amides is 1. The maximum atomic E-state index is 13.7. The molecule has 0 saturated carbocycles. The van der Waals surface area contributed by atoms with Gasteiger partial charge in [0.1, 0.15) is 5.82 Å². The number of benzene rings is 2. The Morgan fingerprint density at radius 1 is 1.12 bits per heavy atom. The van der Waals surface area contributed by atoms with Gasteiger partial charge in [0.05, 0.1) is 26.6 Å². The summed E-state index contributed by atoms with van der Waals surface area (Å²) >= 11 is 0. The first-order chi connectivity index (χ1) is 15.5. The van der Waals surface area contributed by atoms with Crippen LogP contribution in [0.25, 0.3) is 10.9 Å². The number of amides is 1. The average Bonchev–Trinajstić information content (AvgIpc) is 3.22. The molecule has 0 bridgehead atoms. The zero-order valence-corrected chi connectivity index (χ0v) is 19.5. The lowest BCUT2D eigenvalue weighted by Gasteiger charge is -2.31. The van der Waals surface area contributed by atoms with Gasteiger partial charge in [-0.05, 0) is 61.6 Å². The largest absolute Gasteiger partial charge is 0.366 e. The molecule has 1 aromatic heterocycles. The van der Waals surface area contributed by atoms with E-state index >= 15 is 0 Å². The summed E-state index contributed by atoms with van der Waals surface area (Å²) in [6, 6.07) is 7.31. The van der Waals surface area contributed by atoms with Crippen molar-refractivity contribution in [3.05, 3.63) is 59.5 Å². The first-order valence-electron chi connectivity index (χ1n) is 10.5. The van der Waals surface area contributed by atoms with Gasteiger partial charge in [0, 0.05) is 24.7 Å². The fourth-order valence-electron chi connectivity index (χ4n) is 4.31. The number of nitrogens with two attached hydrogens (primary N) is 1. The SMILES string of the molecule is CCS(=O)(=O)N1CCC(c2c[nH]c3c(C(N)=O)cc(S(=O)(=O)c4cccc(F)c4)cc23)CC1. The number of sulfonamides is 1. The van der Waals surface area contributed by atoms with Crippen molar-refractivity contribution in [2.24, 2.45) is 5.73 Å². The number of fused-ring (bicyclic) bond motifs is 1. The van der Waals surface area contributed by atoms with Crippen LogP contribution in [0.15, 0.2) is 52.4 Å². The lowest BCUT2D eigenvalue weighted by molar-refractivity contribution is 0.100. The molecule has 1 fully saturated rings. The Labute approximate surface area is 191 Å². The fraction of sp³-hybridized carbons (Fsp3) is 0.318. The molecule has 176 valence electrons. The van der Waals surface area contributed by atoms with Crippen molar-refractivity contribution in [2.45, 2.75) is 35.5 Å². The topological polar surface area (TPSA) is 130 Å². The Bertz CT molecular complexity index is 1440. The van der Waals surface area contributed by atoms with Crippen molar-refractivity contribution < 1.29 is 26.0 Å². The number of halogens is 1. The zero-order valence-electron chi connectivity index (χ0n) is 17.9. The summed E-state index contributed by atoms with van der Waals surface area (Å²) in [6.45, 7) is 2.32. The van der Waals surface area contributed by atoms with Gasteiger partial charge in [-0.2, -0.15) is 0 Å². The molecular formula is C22H24FN3O5S2. The Hall–Kier alpha value is -2.76. The lowest BCUT2D eigenvalue weighted by Crippen LogP contribution is -2.38. The third-order valence-corrected chi connectivity index (χ3v) is 9.74. The van der Waals surface area contributed by atoms with Crippen molar-refractivity contribution in [3.8, 4) is 0 Å². The number of aromatic amines is 1. The third kappa shape index (κ3) is 4.28. The van der Waals surface area contributed by atoms with Gasteiger partial charge in [0.25, 0.3) is 5.91 Å². The van der Waals surface area contributed by atoms with E-state index in [2.05, 4.69) is 4.98 Å². The second kappa shape index (κ2) is 8.54. The van der Waals surface area contributed by atoms with Gasteiger partial charge in [0.15, 0.2) is 0 Å². The van der Waals surface area contributed by atoms with Crippen LogP contribution in [0.4, 0.5) is 4.39 Å². The maximum Gasteiger partial charge on any atom is 0.250 e. The quantitative estimate of drug-likeness (QED) is 0.545. The molecular weight excluding hydrogens is 469 g/mol. The van der Waals surface area contributed by atoms with Gasteiger partial charge >= 0.3 is 0 Å². The summed E-state index contributed by atoms with van der Waals surface area (Å²) in [4.78, 5) is 14.8. The van der Waals surface area contributed by atoms with E-state index in [0.29, 0.717) is 36.8 Å². The third-order valence-electron chi connectivity index (χ3n) is 6.13. The van der Waals surface area contributed by atoms with Crippen molar-refractivity contribution in [2.75, 3.05) is 18.8 Å². The van der Waals surface area contributed by atoms with Crippen molar-refractivity contribution >= 4 is 36.7 Å². The predicted octanol–water partition coefficient (Wildman–Crippen LogP) is 2.77. The van der Waals surface area contributed by atoms with Crippen LogP contribution in [0.5, 0.6) is 0 Å². The highest BCUT2D eigenvalue weighted by atomic mass is 32.2. The molecule has 1 amide bonds. The molecule has 1 saturated heterocycles. The molecule has 8 nitrogen and oxygen atoms in total. The molecule has 2 aromatic carbocycles. The fourth-order valence-corrected chi connectivity index (χ4v) is 6.79. The van der Waals surface area contributed by atoms with Gasteiger partial charge in [-0.3, -0.25) is 4.79 Å².